The lowest BCUT2D eigenvalue weighted by Crippen LogP contribution is -1.87. The molecule has 0 saturated carbocycles. The zero-order valence-electron chi connectivity index (χ0n) is 8.52. The Morgan fingerprint density at radius 3 is 2.47 bits per heavy atom. The molecule has 0 aliphatic rings. The Balaban J connectivity index is 1.81. The van der Waals surface area contributed by atoms with Gasteiger partial charge in [0.15, 0.2) is 0 Å². The van der Waals surface area contributed by atoms with E-state index in [1.165, 1.54) is 16.9 Å². The van der Waals surface area contributed by atoms with Crippen molar-refractivity contribution in [2.45, 2.75) is 19.3 Å². The Morgan fingerprint density at radius 1 is 1.00 bits per heavy atom. The number of hydrogen-bond acceptors (Lipinski definition) is 2. The van der Waals surface area contributed by atoms with Crippen molar-refractivity contribution < 1.29 is 5.11 Å². The Hall–Kier alpha value is -1.28. The first-order valence-corrected chi connectivity index (χ1v) is 6.03. The van der Waals surface area contributed by atoms with E-state index in [4.69, 9.17) is 5.11 Å². The van der Waals surface area contributed by atoms with Crippen LogP contribution in [0, 0.1) is 0 Å². The van der Waals surface area contributed by atoms with Crippen LogP contribution in [-0.2, 0) is 12.8 Å². The first-order valence-electron chi connectivity index (χ1n) is 5.15. The van der Waals surface area contributed by atoms with Crippen molar-refractivity contribution in [3.8, 4) is 5.75 Å². The standard InChI is InChI=1S/C13H14OS/c14-12-8-6-11(7-9-12)3-1-4-13-5-2-10-15-13/h2,5-10,14H,1,3-4H2. The monoisotopic (exact) mass is 218 g/mol. The maximum atomic E-state index is 9.13. The summed E-state index contributed by atoms with van der Waals surface area (Å²) >= 11 is 1.82. The summed E-state index contributed by atoms with van der Waals surface area (Å²) in [5.41, 5.74) is 1.30. The van der Waals surface area contributed by atoms with Gasteiger partial charge in [-0.2, -0.15) is 0 Å². The van der Waals surface area contributed by atoms with Crippen molar-refractivity contribution in [2.75, 3.05) is 0 Å². The summed E-state index contributed by atoms with van der Waals surface area (Å²) in [7, 11) is 0. The van der Waals surface area contributed by atoms with Gasteiger partial charge in [0.05, 0.1) is 0 Å². The van der Waals surface area contributed by atoms with Crippen LogP contribution in [0.1, 0.15) is 16.9 Å². The molecule has 2 aromatic rings. The molecule has 1 aromatic carbocycles. The summed E-state index contributed by atoms with van der Waals surface area (Å²) in [6.07, 6.45) is 3.40. The molecule has 0 radical (unpaired) electrons. The topological polar surface area (TPSA) is 20.2 Å². The minimum absolute atomic E-state index is 0.344. The van der Waals surface area contributed by atoms with Crippen LogP contribution in [0.25, 0.3) is 0 Å². The van der Waals surface area contributed by atoms with E-state index in [2.05, 4.69) is 17.5 Å². The van der Waals surface area contributed by atoms with Crippen LogP contribution in [-0.4, -0.2) is 5.11 Å². The van der Waals surface area contributed by atoms with E-state index in [-0.39, 0.29) is 0 Å². The number of thiophene rings is 1. The van der Waals surface area contributed by atoms with Gasteiger partial charge in [0.25, 0.3) is 0 Å². The summed E-state index contributed by atoms with van der Waals surface area (Å²) in [4.78, 5) is 1.45. The lowest BCUT2D eigenvalue weighted by atomic mass is 10.1. The molecule has 0 amide bonds. The molecule has 0 bridgehead atoms. The molecule has 2 rings (SSSR count). The van der Waals surface area contributed by atoms with Gasteiger partial charge in [0.1, 0.15) is 5.75 Å². The van der Waals surface area contributed by atoms with Gasteiger partial charge in [-0.1, -0.05) is 18.2 Å². The van der Waals surface area contributed by atoms with Crippen LogP contribution in [0.2, 0.25) is 0 Å². The van der Waals surface area contributed by atoms with E-state index >= 15 is 0 Å². The second-order valence-corrected chi connectivity index (χ2v) is 4.63. The predicted molar refractivity (Wildman–Crippen MR) is 64.5 cm³/mol. The van der Waals surface area contributed by atoms with Crippen LogP contribution >= 0.6 is 11.3 Å². The minimum Gasteiger partial charge on any atom is -0.508 e. The van der Waals surface area contributed by atoms with Gasteiger partial charge >= 0.3 is 0 Å². The van der Waals surface area contributed by atoms with E-state index in [1.54, 1.807) is 12.1 Å². The Labute approximate surface area is 94.0 Å². The van der Waals surface area contributed by atoms with E-state index in [0.717, 1.165) is 12.8 Å². The lowest BCUT2D eigenvalue weighted by molar-refractivity contribution is 0.475. The van der Waals surface area contributed by atoms with Crippen LogP contribution in [0.5, 0.6) is 5.75 Å². The van der Waals surface area contributed by atoms with Gasteiger partial charge in [-0.25, -0.2) is 0 Å². The molecule has 0 saturated heterocycles. The molecule has 0 fully saturated rings. The van der Waals surface area contributed by atoms with Crippen molar-refractivity contribution in [3.05, 3.63) is 52.2 Å². The third-order valence-corrected chi connectivity index (χ3v) is 3.34. The smallest absolute Gasteiger partial charge is 0.115 e. The summed E-state index contributed by atoms with van der Waals surface area (Å²) in [5, 5.41) is 11.3. The normalized spacial score (nSPS) is 10.4. The lowest BCUT2D eigenvalue weighted by Gasteiger charge is -2.00. The van der Waals surface area contributed by atoms with Gasteiger partial charge in [0.2, 0.25) is 0 Å². The quantitative estimate of drug-likeness (QED) is 0.830. The van der Waals surface area contributed by atoms with Crippen LogP contribution in [0.3, 0.4) is 0 Å². The summed E-state index contributed by atoms with van der Waals surface area (Å²) in [6, 6.07) is 11.8. The second-order valence-electron chi connectivity index (χ2n) is 3.60. The number of aromatic hydroxyl groups is 1. The average Bonchev–Trinajstić information content (AvgIpc) is 2.74. The van der Waals surface area contributed by atoms with Crippen LogP contribution in [0.4, 0.5) is 0 Å². The third-order valence-electron chi connectivity index (χ3n) is 2.41. The molecule has 1 heterocycles. The summed E-state index contributed by atoms with van der Waals surface area (Å²) in [6.45, 7) is 0. The maximum absolute atomic E-state index is 9.13. The first kappa shape index (κ1) is 10.2. The summed E-state index contributed by atoms with van der Waals surface area (Å²) in [5.74, 6) is 0.344. The molecule has 0 atom stereocenters. The fourth-order valence-corrected chi connectivity index (χ4v) is 2.34. The van der Waals surface area contributed by atoms with Gasteiger partial charge in [-0.15, -0.1) is 11.3 Å². The summed E-state index contributed by atoms with van der Waals surface area (Å²) < 4.78 is 0. The van der Waals surface area contributed by atoms with Crippen molar-refractivity contribution in [1.82, 2.24) is 0 Å². The maximum Gasteiger partial charge on any atom is 0.115 e. The first-order chi connectivity index (χ1) is 7.34. The molecule has 0 unspecified atom stereocenters. The largest absolute Gasteiger partial charge is 0.508 e. The highest BCUT2D eigenvalue weighted by atomic mass is 32.1. The molecule has 1 aromatic heterocycles. The molecule has 1 N–H and O–H groups in total. The molecule has 0 spiro atoms. The highest BCUT2D eigenvalue weighted by Gasteiger charge is 1.96. The highest BCUT2D eigenvalue weighted by molar-refractivity contribution is 7.09. The van der Waals surface area contributed by atoms with E-state index in [1.807, 2.05) is 23.5 Å². The van der Waals surface area contributed by atoms with Crippen molar-refractivity contribution in [3.63, 3.8) is 0 Å². The van der Waals surface area contributed by atoms with Crippen LogP contribution < -0.4 is 0 Å². The number of rotatable bonds is 4. The zero-order valence-corrected chi connectivity index (χ0v) is 9.33. The van der Waals surface area contributed by atoms with E-state index in [9.17, 15) is 0 Å². The molecule has 78 valence electrons. The molecular weight excluding hydrogens is 204 g/mol. The van der Waals surface area contributed by atoms with Crippen LogP contribution in [0.15, 0.2) is 41.8 Å². The fraction of sp³-hybridized carbons (Fsp3) is 0.231. The third kappa shape index (κ3) is 3.10. The van der Waals surface area contributed by atoms with Crippen molar-refractivity contribution >= 4 is 11.3 Å². The molecule has 0 aliphatic carbocycles. The zero-order chi connectivity index (χ0) is 10.5. The predicted octanol–water partition coefficient (Wildman–Crippen LogP) is 3.63. The fourth-order valence-electron chi connectivity index (χ4n) is 1.58. The Morgan fingerprint density at radius 2 is 1.80 bits per heavy atom. The van der Waals surface area contributed by atoms with E-state index in [0.29, 0.717) is 5.75 Å². The number of phenolic OH excluding ortho intramolecular Hbond substituents is 1. The number of hydrogen-bond donors (Lipinski definition) is 1. The van der Waals surface area contributed by atoms with Gasteiger partial charge in [-0.3, -0.25) is 0 Å². The van der Waals surface area contributed by atoms with Gasteiger partial charge in [0, 0.05) is 4.88 Å². The van der Waals surface area contributed by atoms with Gasteiger partial charge < -0.3 is 5.11 Å². The molecule has 1 nitrogen and oxygen atoms in total. The van der Waals surface area contributed by atoms with Crippen molar-refractivity contribution in [2.24, 2.45) is 0 Å². The number of aryl methyl sites for hydroxylation is 2. The highest BCUT2D eigenvalue weighted by Crippen LogP contribution is 2.15. The number of benzene rings is 1. The van der Waals surface area contributed by atoms with Crippen molar-refractivity contribution in [1.29, 1.82) is 0 Å². The second kappa shape index (κ2) is 4.99. The SMILES string of the molecule is Oc1ccc(CCCc2cccs2)cc1. The average molecular weight is 218 g/mol. The molecular formula is C13H14OS. The molecule has 0 aliphatic heterocycles. The minimum atomic E-state index is 0.344. The number of phenols is 1. The van der Waals surface area contributed by atoms with E-state index < -0.39 is 0 Å². The Bertz CT molecular complexity index is 389. The molecule has 15 heavy (non-hydrogen) atoms. The Kier molecular flexibility index (Phi) is 3.41. The van der Waals surface area contributed by atoms with Gasteiger partial charge in [-0.05, 0) is 48.4 Å². The molecule has 2 heteroatoms.